The lowest BCUT2D eigenvalue weighted by molar-refractivity contribution is 0.156. The molecular formula is C16H26N2O4S. The monoisotopic (exact) mass is 342 g/mol. The fourth-order valence-corrected chi connectivity index (χ4v) is 3.25. The molecule has 0 amide bonds. The van der Waals surface area contributed by atoms with Crippen molar-refractivity contribution in [2.75, 3.05) is 32.1 Å². The van der Waals surface area contributed by atoms with E-state index < -0.39 is 10.0 Å². The van der Waals surface area contributed by atoms with Crippen LogP contribution in [0, 0.1) is 5.92 Å². The van der Waals surface area contributed by atoms with Crippen molar-refractivity contribution in [1.29, 1.82) is 0 Å². The molecule has 1 aromatic rings. The summed E-state index contributed by atoms with van der Waals surface area (Å²) in [6.45, 7) is 3.45. The maximum Gasteiger partial charge on any atom is 0.214 e. The van der Waals surface area contributed by atoms with Crippen molar-refractivity contribution in [3.8, 4) is 5.75 Å². The minimum Gasteiger partial charge on any atom is -0.493 e. The van der Waals surface area contributed by atoms with Crippen molar-refractivity contribution in [2.45, 2.75) is 25.8 Å². The van der Waals surface area contributed by atoms with Gasteiger partial charge in [0.25, 0.3) is 0 Å². The molecule has 1 aliphatic carbocycles. The minimum absolute atomic E-state index is 0.0742. The van der Waals surface area contributed by atoms with Crippen LogP contribution in [0.3, 0.4) is 0 Å². The average Bonchev–Trinajstić information content (AvgIpc) is 3.34. The molecule has 1 saturated carbocycles. The quantitative estimate of drug-likeness (QED) is 0.594. The lowest BCUT2D eigenvalue weighted by Gasteiger charge is -2.16. The molecular weight excluding hydrogens is 316 g/mol. The first-order chi connectivity index (χ1) is 11.0. The van der Waals surface area contributed by atoms with Crippen LogP contribution in [0.5, 0.6) is 5.75 Å². The fraction of sp³-hybridized carbons (Fsp3) is 0.625. The summed E-state index contributed by atoms with van der Waals surface area (Å²) in [6.07, 6.45) is 2.48. The Balaban J connectivity index is 1.85. The van der Waals surface area contributed by atoms with Crippen LogP contribution in [0.25, 0.3) is 0 Å². The highest BCUT2D eigenvalue weighted by molar-refractivity contribution is 7.89. The first kappa shape index (κ1) is 18.2. The van der Waals surface area contributed by atoms with E-state index in [1.165, 1.54) is 12.8 Å². The molecule has 0 saturated heterocycles. The lowest BCUT2D eigenvalue weighted by atomic mass is 10.1. The summed E-state index contributed by atoms with van der Waals surface area (Å²) in [4.78, 5) is 0. The van der Waals surface area contributed by atoms with Gasteiger partial charge in [-0.05, 0) is 43.4 Å². The van der Waals surface area contributed by atoms with E-state index in [1.54, 1.807) is 0 Å². The van der Waals surface area contributed by atoms with Crippen LogP contribution in [0.2, 0.25) is 0 Å². The van der Waals surface area contributed by atoms with Crippen LogP contribution in [-0.4, -0.2) is 40.5 Å². The second-order valence-corrected chi connectivity index (χ2v) is 7.76. The van der Waals surface area contributed by atoms with Gasteiger partial charge in [0.2, 0.25) is 10.0 Å². The lowest BCUT2D eigenvalue weighted by Crippen LogP contribution is -2.31. The summed E-state index contributed by atoms with van der Waals surface area (Å²) in [7, 11) is -3.39. The van der Waals surface area contributed by atoms with Gasteiger partial charge in [-0.25, -0.2) is 13.1 Å². The first-order valence-corrected chi connectivity index (χ1v) is 9.66. The van der Waals surface area contributed by atoms with Gasteiger partial charge in [-0.15, -0.1) is 0 Å². The molecule has 0 spiro atoms. The number of hydrogen-bond acceptors (Lipinski definition) is 5. The summed E-state index contributed by atoms with van der Waals surface area (Å²) >= 11 is 0. The van der Waals surface area contributed by atoms with Gasteiger partial charge in [0.15, 0.2) is 0 Å². The number of nitrogens with one attached hydrogen (secondary N) is 1. The van der Waals surface area contributed by atoms with E-state index in [4.69, 9.17) is 15.2 Å². The Labute approximate surface area is 138 Å². The molecule has 1 aliphatic rings. The van der Waals surface area contributed by atoms with Crippen molar-refractivity contribution in [3.05, 3.63) is 29.8 Å². The van der Waals surface area contributed by atoms with Crippen molar-refractivity contribution in [1.82, 2.24) is 4.72 Å². The summed E-state index contributed by atoms with van der Waals surface area (Å²) < 4.78 is 37.6. The maximum absolute atomic E-state index is 12.0. The zero-order valence-corrected chi connectivity index (χ0v) is 14.3. The number of ether oxygens (including phenoxy) is 2. The van der Waals surface area contributed by atoms with Crippen molar-refractivity contribution >= 4 is 10.0 Å². The fourth-order valence-electron chi connectivity index (χ4n) is 2.12. The summed E-state index contributed by atoms with van der Waals surface area (Å²) in [5.41, 5.74) is 6.17. The van der Waals surface area contributed by atoms with E-state index in [-0.39, 0.29) is 18.4 Å². The van der Waals surface area contributed by atoms with Crippen molar-refractivity contribution in [3.63, 3.8) is 0 Å². The predicted octanol–water partition coefficient (Wildman–Crippen LogP) is 1.43. The molecule has 130 valence electrons. The van der Waals surface area contributed by atoms with Gasteiger partial charge in [0.1, 0.15) is 5.75 Å². The molecule has 3 N–H and O–H groups in total. The normalized spacial score (nSPS) is 16.3. The van der Waals surface area contributed by atoms with Crippen LogP contribution in [-0.2, 0) is 14.8 Å². The highest BCUT2D eigenvalue weighted by Gasteiger charge is 2.22. The first-order valence-electron chi connectivity index (χ1n) is 8.01. The Hall–Kier alpha value is -1.15. The molecule has 0 heterocycles. The van der Waals surface area contributed by atoms with Crippen molar-refractivity contribution < 1.29 is 17.9 Å². The van der Waals surface area contributed by atoms with Crippen LogP contribution in [0.4, 0.5) is 0 Å². The van der Waals surface area contributed by atoms with Gasteiger partial charge in [-0.1, -0.05) is 12.1 Å². The third-order valence-electron chi connectivity index (χ3n) is 3.66. The van der Waals surface area contributed by atoms with Crippen LogP contribution < -0.4 is 15.2 Å². The Morgan fingerprint density at radius 2 is 2.13 bits per heavy atom. The number of rotatable bonds is 11. The Bertz CT molecular complexity index is 587. The standard InChI is InChI=1S/C16H26N2O4S/c1-13(18-23(19,20)10-9-21-8-7-17)15-3-2-4-16(11-15)22-12-14-5-6-14/h2-4,11,13-14,18H,5-10,12,17H2,1H3/t13-/m1/s1. The van der Waals surface area contributed by atoms with E-state index in [9.17, 15) is 8.42 Å². The Morgan fingerprint density at radius 1 is 1.35 bits per heavy atom. The number of nitrogens with two attached hydrogens (primary N) is 1. The number of sulfonamides is 1. The molecule has 0 aliphatic heterocycles. The third-order valence-corrected chi connectivity index (χ3v) is 5.07. The van der Waals surface area contributed by atoms with Gasteiger partial charge in [0, 0.05) is 12.6 Å². The highest BCUT2D eigenvalue weighted by Crippen LogP contribution is 2.30. The minimum atomic E-state index is -3.39. The molecule has 1 atom stereocenters. The second-order valence-electron chi connectivity index (χ2n) is 5.89. The predicted molar refractivity (Wildman–Crippen MR) is 89.9 cm³/mol. The molecule has 1 aromatic carbocycles. The molecule has 7 heteroatoms. The molecule has 0 aromatic heterocycles. The Morgan fingerprint density at radius 3 is 2.83 bits per heavy atom. The molecule has 2 rings (SSSR count). The van der Waals surface area contributed by atoms with E-state index in [0.717, 1.165) is 17.9 Å². The van der Waals surface area contributed by atoms with Crippen molar-refractivity contribution in [2.24, 2.45) is 11.7 Å². The molecule has 6 nitrogen and oxygen atoms in total. The summed E-state index contributed by atoms with van der Waals surface area (Å²) in [5, 5.41) is 0. The van der Waals surface area contributed by atoms with Gasteiger partial charge >= 0.3 is 0 Å². The van der Waals surface area contributed by atoms with E-state index >= 15 is 0 Å². The molecule has 23 heavy (non-hydrogen) atoms. The van der Waals surface area contributed by atoms with Gasteiger partial charge in [0.05, 0.1) is 25.6 Å². The van der Waals surface area contributed by atoms with Gasteiger partial charge in [-0.3, -0.25) is 0 Å². The molecule has 0 unspecified atom stereocenters. The average molecular weight is 342 g/mol. The van der Waals surface area contributed by atoms with Gasteiger partial charge in [-0.2, -0.15) is 0 Å². The Kier molecular flexibility index (Phi) is 6.83. The molecule has 1 fully saturated rings. The number of benzene rings is 1. The summed E-state index contributed by atoms with van der Waals surface area (Å²) in [6, 6.07) is 7.24. The second kappa shape index (κ2) is 8.63. The topological polar surface area (TPSA) is 90.7 Å². The molecule has 0 radical (unpaired) electrons. The number of hydrogen-bond donors (Lipinski definition) is 2. The van der Waals surface area contributed by atoms with Gasteiger partial charge < -0.3 is 15.2 Å². The summed E-state index contributed by atoms with van der Waals surface area (Å²) in [5.74, 6) is 1.39. The largest absolute Gasteiger partial charge is 0.493 e. The van der Waals surface area contributed by atoms with Crippen LogP contribution in [0.1, 0.15) is 31.4 Å². The van der Waals surface area contributed by atoms with Crippen LogP contribution >= 0.6 is 0 Å². The van der Waals surface area contributed by atoms with E-state index in [2.05, 4.69) is 4.72 Å². The van der Waals surface area contributed by atoms with E-state index in [1.807, 2.05) is 31.2 Å². The smallest absolute Gasteiger partial charge is 0.214 e. The molecule has 0 bridgehead atoms. The van der Waals surface area contributed by atoms with Crippen LogP contribution in [0.15, 0.2) is 24.3 Å². The zero-order chi connectivity index (χ0) is 16.7. The highest BCUT2D eigenvalue weighted by atomic mass is 32.2. The zero-order valence-electron chi connectivity index (χ0n) is 13.5. The third kappa shape index (κ3) is 6.87. The van der Waals surface area contributed by atoms with E-state index in [0.29, 0.717) is 19.1 Å². The SMILES string of the molecule is C[C@@H](NS(=O)(=O)CCOCCN)c1cccc(OCC2CC2)c1. The maximum atomic E-state index is 12.0.